The molecule has 0 spiro atoms. The van der Waals surface area contributed by atoms with E-state index >= 15 is 0 Å². The molecule has 0 radical (unpaired) electrons. The first-order valence-electron chi connectivity index (χ1n) is 5.69. The lowest BCUT2D eigenvalue weighted by Crippen LogP contribution is -2.33. The predicted molar refractivity (Wildman–Crippen MR) is 71.0 cm³/mol. The summed E-state index contributed by atoms with van der Waals surface area (Å²) in [4.78, 5) is 3.91. The van der Waals surface area contributed by atoms with Gasteiger partial charge in [-0.2, -0.15) is 8.78 Å². The highest BCUT2D eigenvalue weighted by molar-refractivity contribution is 8.02. The number of hydrogen-bond acceptors (Lipinski definition) is 4. The van der Waals surface area contributed by atoms with Crippen molar-refractivity contribution in [3.05, 3.63) is 29.4 Å². The number of pyridine rings is 1. The van der Waals surface area contributed by atoms with E-state index in [2.05, 4.69) is 9.72 Å². The molecule has 0 atom stereocenters. The second-order valence-electron chi connectivity index (χ2n) is 3.76. The second kappa shape index (κ2) is 7.37. The Morgan fingerprint density at radius 1 is 1.50 bits per heavy atom. The van der Waals surface area contributed by atoms with Gasteiger partial charge in [0.1, 0.15) is 5.75 Å². The van der Waals surface area contributed by atoms with Gasteiger partial charge in [0.25, 0.3) is 0 Å². The lowest BCUT2D eigenvalue weighted by Gasteiger charge is -2.15. The van der Waals surface area contributed by atoms with Crippen LogP contribution in [0.25, 0.3) is 5.70 Å². The molecule has 3 nitrogen and oxygen atoms in total. The summed E-state index contributed by atoms with van der Waals surface area (Å²) in [5.41, 5.74) is 6.62. The third kappa shape index (κ3) is 4.92. The Labute approximate surface area is 118 Å². The zero-order chi connectivity index (χ0) is 15.2. The molecule has 20 heavy (non-hydrogen) atoms. The molecule has 0 bridgehead atoms. The van der Waals surface area contributed by atoms with Crippen LogP contribution in [0.15, 0.2) is 23.7 Å². The first-order valence-corrected chi connectivity index (χ1v) is 6.74. The van der Waals surface area contributed by atoms with Crippen molar-refractivity contribution in [2.75, 3.05) is 12.4 Å². The van der Waals surface area contributed by atoms with E-state index in [1.54, 1.807) is 5.41 Å². The van der Waals surface area contributed by atoms with Crippen LogP contribution in [0.5, 0.6) is 5.75 Å². The Balaban J connectivity index is 2.63. The SMILES string of the molecule is CCS/C=C(\N)c1ccc(OCC(F)(F)C(F)F)cn1. The molecule has 1 rings (SSSR count). The van der Waals surface area contributed by atoms with E-state index in [0.717, 1.165) is 11.9 Å². The Bertz CT molecular complexity index is 451. The summed E-state index contributed by atoms with van der Waals surface area (Å²) in [7, 11) is 0. The van der Waals surface area contributed by atoms with Crippen molar-refractivity contribution in [2.45, 2.75) is 19.3 Å². The van der Waals surface area contributed by atoms with Crippen LogP contribution in [0.1, 0.15) is 12.6 Å². The minimum atomic E-state index is -4.19. The van der Waals surface area contributed by atoms with Gasteiger partial charge >= 0.3 is 12.3 Å². The molecular weight excluding hydrogens is 296 g/mol. The number of rotatable bonds is 7. The molecule has 1 aromatic rings. The predicted octanol–water partition coefficient (Wildman–Crippen LogP) is 3.37. The van der Waals surface area contributed by atoms with Gasteiger partial charge < -0.3 is 10.5 Å². The zero-order valence-corrected chi connectivity index (χ0v) is 11.5. The number of nitrogens with zero attached hydrogens (tertiary/aromatic N) is 1. The highest BCUT2D eigenvalue weighted by atomic mass is 32.2. The monoisotopic (exact) mass is 310 g/mol. The van der Waals surface area contributed by atoms with Crippen LogP contribution < -0.4 is 10.5 Å². The summed E-state index contributed by atoms with van der Waals surface area (Å²) >= 11 is 1.49. The van der Waals surface area contributed by atoms with E-state index in [0.29, 0.717) is 11.4 Å². The maximum Gasteiger partial charge on any atom is 0.340 e. The van der Waals surface area contributed by atoms with Crippen LogP contribution >= 0.6 is 11.8 Å². The molecule has 2 N–H and O–H groups in total. The number of aromatic nitrogens is 1. The first kappa shape index (κ1) is 16.6. The highest BCUT2D eigenvalue weighted by Crippen LogP contribution is 2.24. The van der Waals surface area contributed by atoms with Crippen LogP contribution in [0.3, 0.4) is 0 Å². The minimum Gasteiger partial charge on any atom is -0.485 e. The number of halogens is 4. The largest absolute Gasteiger partial charge is 0.485 e. The van der Waals surface area contributed by atoms with Crippen LogP contribution in [0, 0.1) is 0 Å². The minimum absolute atomic E-state index is 0.0231. The summed E-state index contributed by atoms with van der Waals surface area (Å²) in [6.07, 6.45) is -2.60. The van der Waals surface area contributed by atoms with Gasteiger partial charge in [-0.3, -0.25) is 4.98 Å². The Morgan fingerprint density at radius 2 is 2.20 bits per heavy atom. The molecule has 0 unspecified atom stereocenters. The van der Waals surface area contributed by atoms with E-state index in [9.17, 15) is 17.6 Å². The summed E-state index contributed by atoms with van der Waals surface area (Å²) in [6, 6.07) is 2.82. The second-order valence-corrected chi connectivity index (χ2v) is 4.90. The number of ether oxygens (including phenoxy) is 1. The number of nitrogens with two attached hydrogens (primary N) is 1. The first-order chi connectivity index (χ1) is 9.36. The van der Waals surface area contributed by atoms with Crippen LogP contribution in [0.4, 0.5) is 17.6 Å². The molecule has 112 valence electrons. The van der Waals surface area contributed by atoms with Crippen molar-refractivity contribution in [2.24, 2.45) is 5.73 Å². The average molecular weight is 310 g/mol. The van der Waals surface area contributed by atoms with E-state index in [1.807, 2.05) is 6.92 Å². The molecule has 1 aromatic heterocycles. The normalized spacial score (nSPS) is 12.8. The quantitative estimate of drug-likeness (QED) is 0.784. The molecule has 1 heterocycles. The zero-order valence-electron chi connectivity index (χ0n) is 10.7. The summed E-state index contributed by atoms with van der Waals surface area (Å²) < 4.78 is 53.8. The molecule has 8 heteroatoms. The average Bonchev–Trinajstić information content (AvgIpc) is 2.43. The molecule has 0 aliphatic heterocycles. The smallest absolute Gasteiger partial charge is 0.340 e. The van der Waals surface area contributed by atoms with Crippen molar-refractivity contribution in [3.8, 4) is 5.75 Å². The molecule has 0 aromatic carbocycles. The van der Waals surface area contributed by atoms with Gasteiger partial charge in [0, 0.05) is 0 Å². The molecule has 0 aliphatic carbocycles. The summed E-state index contributed by atoms with van der Waals surface area (Å²) in [6.45, 7) is 0.560. The van der Waals surface area contributed by atoms with E-state index in [-0.39, 0.29) is 5.75 Å². The van der Waals surface area contributed by atoms with Gasteiger partial charge in [0.2, 0.25) is 0 Å². The standard InChI is InChI=1S/C12H14F4N2OS/c1-2-20-6-9(17)10-4-3-8(5-18-10)19-7-12(15,16)11(13)14/h3-6,11H,2,7,17H2,1H3/b9-6-. The summed E-state index contributed by atoms with van der Waals surface area (Å²) in [5.74, 6) is -3.36. The van der Waals surface area contributed by atoms with Gasteiger partial charge in [0.05, 0.1) is 17.6 Å². The maximum absolute atomic E-state index is 12.7. The molecule has 0 saturated heterocycles. The molecular formula is C12H14F4N2OS. The van der Waals surface area contributed by atoms with Crippen molar-refractivity contribution >= 4 is 17.5 Å². The van der Waals surface area contributed by atoms with Crippen LogP contribution in [-0.4, -0.2) is 29.7 Å². The van der Waals surface area contributed by atoms with Gasteiger partial charge in [-0.15, -0.1) is 11.8 Å². The third-order valence-electron chi connectivity index (χ3n) is 2.16. The van der Waals surface area contributed by atoms with Gasteiger partial charge in [-0.05, 0) is 23.3 Å². The molecule has 0 amide bonds. The van der Waals surface area contributed by atoms with Crippen molar-refractivity contribution in [3.63, 3.8) is 0 Å². The lowest BCUT2D eigenvalue weighted by molar-refractivity contribution is -0.148. The van der Waals surface area contributed by atoms with E-state index in [1.165, 1.54) is 23.9 Å². The van der Waals surface area contributed by atoms with Gasteiger partial charge in [-0.1, -0.05) is 6.92 Å². The molecule has 0 aliphatic rings. The van der Waals surface area contributed by atoms with Crippen molar-refractivity contribution < 1.29 is 22.3 Å². The topological polar surface area (TPSA) is 48.1 Å². The molecule has 0 fully saturated rings. The number of alkyl halides is 4. The highest BCUT2D eigenvalue weighted by Gasteiger charge is 2.41. The van der Waals surface area contributed by atoms with Gasteiger partial charge in [0.15, 0.2) is 6.61 Å². The van der Waals surface area contributed by atoms with Crippen molar-refractivity contribution in [1.82, 2.24) is 4.98 Å². The van der Waals surface area contributed by atoms with Crippen LogP contribution in [0.2, 0.25) is 0 Å². The number of hydrogen-bond donors (Lipinski definition) is 1. The van der Waals surface area contributed by atoms with E-state index in [4.69, 9.17) is 5.73 Å². The van der Waals surface area contributed by atoms with Crippen LogP contribution in [-0.2, 0) is 0 Å². The summed E-state index contributed by atoms with van der Waals surface area (Å²) in [5, 5.41) is 1.72. The fourth-order valence-corrected chi connectivity index (χ4v) is 1.58. The van der Waals surface area contributed by atoms with E-state index < -0.39 is 19.0 Å². The Morgan fingerprint density at radius 3 is 2.70 bits per heavy atom. The third-order valence-corrected chi connectivity index (χ3v) is 2.91. The van der Waals surface area contributed by atoms with Crippen molar-refractivity contribution in [1.29, 1.82) is 0 Å². The Hall–Kier alpha value is -1.44. The Kier molecular flexibility index (Phi) is 6.12. The lowest BCUT2D eigenvalue weighted by atomic mass is 10.3. The maximum atomic E-state index is 12.7. The molecule has 0 saturated carbocycles. The van der Waals surface area contributed by atoms with Gasteiger partial charge in [-0.25, -0.2) is 8.78 Å². The fraction of sp³-hybridized carbons (Fsp3) is 0.417. The number of thioether (sulfide) groups is 1. The fourth-order valence-electron chi connectivity index (χ4n) is 1.11.